The van der Waals surface area contributed by atoms with Crippen LogP contribution in [0.25, 0.3) is 0 Å². The fourth-order valence-corrected chi connectivity index (χ4v) is 4.75. The van der Waals surface area contributed by atoms with Crippen LogP contribution < -0.4 is 38.5 Å². The average Bonchev–Trinajstić information content (AvgIpc) is 2.89. The van der Waals surface area contributed by atoms with E-state index in [9.17, 15) is 34.2 Å². The van der Waals surface area contributed by atoms with Gasteiger partial charge < -0.3 is 48.7 Å². The van der Waals surface area contributed by atoms with Crippen LogP contribution in [0.1, 0.15) is 72.1 Å². The van der Waals surface area contributed by atoms with E-state index in [-0.39, 0.29) is 44.2 Å². The van der Waals surface area contributed by atoms with Gasteiger partial charge >= 0.3 is 5.97 Å². The first-order valence-corrected chi connectivity index (χ1v) is 14.1. The fraction of sp³-hybridized carbons (Fsp3) is 0.808. The van der Waals surface area contributed by atoms with Gasteiger partial charge in [-0.15, -0.1) is 0 Å². The van der Waals surface area contributed by atoms with Crippen molar-refractivity contribution in [1.82, 2.24) is 21.3 Å². The molecule has 40 heavy (non-hydrogen) atoms. The number of nitrogens with two attached hydrogens (primary N) is 3. The van der Waals surface area contributed by atoms with Crippen LogP contribution in [0.5, 0.6) is 0 Å². The predicted molar refractivity (Wildman–Crippen MR) is 148 cm³/mol. The smallest absolute Gasteiger partial charge is 0.328 e. The van der Waals surface area contributed by atoms with Crippen molar-refractivity contribution in [2.45, 2.75) is 108 Å². The molecule has 0 unspecified atom stereocenters. The molecule has 0 aliphatic heterocycles. The topological polar surface area (TPSA) is 252 Å². The quantitative estimate of drug-likeness (QED) is 0.0932. The van der Waals surface area contributed by atoms with E-state index in [1.807, 2.05) is 13.8 Å². The lowest BCUT2D eigenvalue weighted by molar-refractivity contribution is -0.145. The first-order chi connectivity index (χ1) is 18.8. The molecule has 0 bridgehead atoms. The number of hydrogen-bond acceptors (Lipinski definition) is 9. The van der Waals surface area contributed by atoms with Gasteiger partial charge in [0.05, 0.1) is 12.1 Å². The summed E-state index contributed by atoms with van der Waals surface area (Å²) in [6.07, 6.45) is 3.43. The summed E-state index contributed by atoms with van der Waals surface area (Å²) in [6.45, 7) is 5.16. The van der Waals surface area contributed by atoms with Gasteiger partial charge in [0.2, 0.25) is 23.6 Å². The highest BCUT2D eigenvalue weighted by Gasteiger charge is 2.36. The van der Waals surface area contributed by atoms with Gasteiger partial charge in [0.15, 0.2) is 6.04 Å². The molecule has 14 heteroatoms. The Hall–Kier alpha value is -2.81. The standard InChI is InChI=1S/C26H49N7O7/c1-14(2)13-19(24(37)30-18(10-12-28)23(36)32-20(15(3)34)26(39)40)31-25(38)21(16-7-5-4-6-8-16)33-22(35)17(29)9-11-27/h14-21,34H,4-13,27-29H2,1-3H3,(H,30,37)(H,31,38)(H,32,36)(H,33,35)(H,39,40)/t15-,17+,18+,19+,20+,21-/m1/s1. The Morgan fingerprint density at radius 1 is 0.775 bits per heavy atom. The summed E-state index contributed by atoms with van der Waals surface area (Å²) >= 11 is 0. The van der Waals surface area contributed by atoms with Crippen molar-refractivity contribution in [3.63, 3.8) is 0 Å². The minimum Gasteiger partial charge on any atom is -0.480 e. The molecule has 1 saturated carbocycles. The summed E-state index contributed by atoms with van der Waals surface area (Å²) in [5.74, 6) is -4.10. The third kappa shape index (κ3) is 11.7. The van der Waals surface area contributed by atoms with E-state index in [0.717, 1.165) is 32.1 Å². The second kappa shape index (κ2) is 17.8. The predicted octanol–water partition coefficient (Wildman–Crippen LogP) is -1.96. The molecule has 0 aromatic rings. The highest BCUT2D eigenvalue weighted by Crippen LogP contribution is 2.27. The maximum atomic E-state index is 13.5. The minimum atomic E-state index is -1.58. The zero-order valence-corrected chi connectivity index (χ0v) is 23.9. The van der Waals surface area contributed by atoms with Gasteiger partial charge in [0.1, 0.15) is 18.1 Å². The van der Waals surface area contributed by atoms with E-state index in [4.69, 9.17) is 17.2 Å². The van der Waals surface area contributed by atoms with E-state index in [2.05, 4.69) is 21.3 Å². The van der Waals surface area contributed by atoms with Crippen LogP contribution in [-0.2, 0) is 24.0 Å². The monoisotopic (exact) mass is 571 g/mol. The minimum absolute atomic E-state index is 0.00479. The molecule has 0 radical (unpaired) electrons. The Bertz CT molecular complexity index is 849. The third-order valence-electron chi connectivity index (χ3n) is 6.99. The molecule has 0 saturated heterocycles. The number of carboxylic acids is 1. The highest BCUT2D eigenvalue weighted by molar-refractivity contribution is 5.95. The van der Waals surface area contributed by atoms with Gasteiger partial charge in [-0.3, -0.25) is 19.2 Å². The number of aliphatic hydroxyl groups is 1. The molecule has 1 fully saturated rings. The van der Waals surface area contributed by atoms with Crippen LogP contribution in [0.4, 0.5) is 0 Å². The van der Waals surface area contributed by atoms with Crippen LogP contribution in [0, 0.1) is 11.8 Å². The number of carbonyl (C=O) groups excluding carboxylic acids is 4. The fourth-order valence-electron chi connectivity index (χ4n) is 4.75. The number of amides is 4. The summed E-state index contributed by atoms with van der Waals surface area (Å²) in [4.78, 5) is 63.8. The van der Waals surface area contributed by atoms with E-state index in [1.54, 1.807) is 0 Å². The Labute approximate surface area is 235 Å². The van der Waals surface area contributed by atoms with Crippen molar-refractivity contribution >= 4 is 29.6 Å². The summed E-state index contributed by atoms with van der Waals surface area (Å²) in [6, 6.07) is -5.60. The molecule has 0 heterocycles. The van der Waals surface area contributed by atoms with Crippen molar-refractivity contribution in [2.75, 3.05) is 13.1 Å². The molecule has 0 spiro atoms. The lowest BCUT2D eigenvalue weighted by Crippen LogP contribution is -2.60. The molecular formula is C26H49N7O7. The third-order valence-corrected chi connectivity index (χ3v) is 6.99. The van der Waals surface area contributed by atoms with Gasteiger partial charge in [-0.1, -0.05) is 33.1 Å². The first-order valence-electron chi connectivity index (χ1n) is 14.1. The Morgan fingerprint density at radius 3 is 1.82 bits per heavy atom. The van der Waals surface area contributed by atoms with Gasteiger partial charge in [-0.2, -0.15) is 0 Å². The second-order valence-electron chi connectivity index (χ2n) is 11.0. The molecule has 12 N–H and O–H groups in total. The number of rotatable bonds is 17. The molecule has 4 amide bonds. The van der Waals surface area contributed by atoms with Crippen LogP contribution in [-0.4, -0.2) is 89.2 Å². The Kier molecular flexibility index (Phi) is 15.7. The molecule has 1 rings (SSSR count). The van der Waals surface area contributed by atoms with Gasteiger partial charge in [0, 0.05) is 0 Å². The van der Waals surface area contributed by atoms with Crippen molar-refractivity contribution in [3.8, 4) is 0 Å². The number of carboxylic acid groups (broad SMARTS) is 1. The normalized spacial score (nSPS) is 18.5. The highest BCUT2D eigenvalue weighted by atomic mass is 16.4. The van der Waals surface area contributed by atoms with E-state index < -0.39 is 65.9 Å². The summed E-state index contributed by atoms with van der Waals surface area (Å²) in [5.41, 5.74) is 17.1. The molecule has 14 nitrogen and oxygen atoms in total. The molecule has 0 aromatic carbocycles. The maximum Gasteiger partial charge on any atom is 0.328 e. The van der Waals surface area contributed by atoms with Crippen LogP contribution in [0.15, 0.2) is 0 Å². The summed E-state index contributed by atoms with van der Waals surface area (Å²) < 4.78 is 0. The van der Waals surface area contributed by atoms with Gasteiger partial charge in [-0.25, -0.2) is 4.79 Å². The lowest BCUT2D eigenvalue weighted by atomic mass is 9.83. The molecule has 1 aliphatic rings. The van der Waals surface area contributed by atoms with E-state index >= 15 is 0 Å². The van der Waals surface area contributed by atoms with Crippen molar-refractivity contribution in [1.29, 1.82) is 0 Å². The van der Waals surface area contributed by atoms with E-state index in [1.165, 1.54) is 6.92 Å². The number of carbonyl (C=O) groups is 5. The largest absolute Gasteiger partial charge is 0.480 e. The van der Waals surface area contributed by atoms with Crippen LogP contribution in [0.3, 0.4) is 0 Å². The number of aliphatic carboxylic acids is 1. The lowest BCUT2D eigenvalue weighted by Gasteiger charge is -2.32. The summed E-state index contributed by atoms with van der Waals surface area (Å²) in [7, 11) is 0. The number of nitrogens with one attached hydrogen (secondary N) is 4. The Balaban J connectivity index is 3.11. The van der Waals surface area contributed by atoms with Crippen molar-refractivity contribution in [3.05, 3.63) is 0 Å². The first kappa shape index (κ1) is 35.2. The van der Waals surface area contributed by atoms with Crippen LogP contribution >= 0.6 is 0 Å². The Morgan fingerprint density at radius 2 is 1.32 bits per heavy atom. The van der Waals surface area contributed by atoms with Gasteiger partial charge in [0.25, 0.3) is 0 Å². The molecule has 230 valence electrons. The summed E-state index contributed by atoms with van der Waals surface area (Å²) in [5, 5.41) is 29.3. The molecule has 1 aliphatic carbocycles. The molecular weight excluding hydrogens is 522 g/mol. The van der Waals surface area contributed by atoms with Crippen LogP contribution in [0.2, 0.25) is 0 Å². The SMILES string of the molecule is CC(C)C[C@H](NC(=O)[C@H](NC(=O)[C@@H](N)CCN)C1CCCCC1)C(=O)N[C@@H](CCN)C(=O)N[C@H](C(=O)O)[C@@H](C)O. The van der Waals surface area contributed by atoms with Crippen molar-refractivity contribution < 1.29 is 34.2 Å². The number of hydrogen-bond donors (Lipinski definition) is 9. The zero-order chi connectivity index (χ0) is 30.4. The zero-order valence-electron chi connectivity index (χ0n) is 23.9. The maximum absolute atomic E-state index is 13.5. The molecule has 6 atom stereocenters. The van der Waals surface area contributed by atoms with Gasteiger partial charge in [-0.05, 0) is 64.0 Å². The average molecular weight is 572 g/mol. The number of aliphatic hydroxyl groups excluding tert-OH is 1. The van der Waals surface area contributed by atoms with Crippen molar-refractivity contribution in [2.24, 2.45) is 29.0 Å². The molecule has 0 aromatic heterocycles. The van der Waals surface area contributed by atoms with E-state index in [0.29, 0.717) is 0 Å². The second-order valence-corrected chi connectivity index (χ2v) is 11.0.